The van der Waals surface area contributed by atoms with Crippen LogP contribution in [-0.4, -0.2) is 52.0 Å². The van der Waals surface area contributed by atoms with E-state index in [1.807, 2.05) is 12.1 Å². The molecule has 11 heteroatoms. The van der Waals surface area contributed by atoms with Gasteiger partial charge in [0.25, 0.3) is 5.91 Å². The molecule has 0 spiro atoms. The van der Waals surface area contributed by atoms with Crippen molar-refractivity contribution in [2.45, 2.75) is 26.3 Å². The maximum atomic E-state index is 15.0. The minimum Gasteiger partial charge on any atom is -0.758 e. The molecule has 1 aliphatic heterocycles. The van der Waals surface area contributed by atoms with Crippen molar-refractivity contribution >= 4 is 34.3 Å². The van der Waals surface area contributed by atoms with Crippen LogP contribution in [0.3, 0.4) is 0 Å². The number of amides is 1. The Morgan fingerprint density at radius 3 is 2.60 bits per heavy atom. The number of hydroxylamine groups is 2. The molecule has 0 saturated heterocycles. The van der Waals surface area contributed by atoms with Crippen molar-refractivity contribution in [1.29, 1.82) is 0 Å². The van der Waals surface area contributed by atoms with Gasteiger partial charge in [-0.25, -0.2) is 18.7 Å². The fourth-order valence-corrected chi connectivity index (χ4v) is 5.54. The molecular formula is C31H31F2N6O2S-. The molecule has 0 radical (unpaired) electrons. The molecule has 0 saturated carbocycles. The van der Waals surface area contributed by atoms with Crippen LogP contribution in [0.2, 0.25) is 0 Å². The Labute approximate surface area is 247 Å². The van der Waals surface area contributed by atoms with Gasteiger partial charge in [-0.3, -0.25) is 10.1 Å². The van der Waals surface area contributed by atoms with Crippen LogP contribution in [-0.2, 0) is 0 Å². The zero-order valence-electron chi connectivity index (χ0n) is 23.3. The van der Waals surface area contributed by atoms with Gasteiger partial charge < -0.3 is 20.5 Å². The number of rotatable bonds is 11. The number of carbonyl (C=O) groups excluding carboxylic acids is 1. The summed E-state index contributed by atoms with van der Waals surface area (Å²) in [6, 6.07) is 11.1. The second-order valence-corrected chi connectivity index (χ2v) is 10.6. The molecule has 3 heterocycles. The molecule has 0 aliphatic carbocycles. The van der Waals surface area contributed by atoms with Gasteiger partial charge in [0.2, 0.25) is 0 Å². The summed E-state index contributed by atoms with van der Waals surface area (Å²) in [6.07, 6.45) is 5.30. The molecule has 1 atom stereocenters. The summed E-state index contributed by atoms with van der Waals surface area (Å²) < 4.78 is 30.0. The van der Waals surface area contributed by atoms with Crippen molar-refractivity contribution in [3.8, 4) is 11.1 Å². The minimum atomic E-state index is -1.33. The highest BCUT2D eigenvalue weighted by Crippen LogP contribution is 2.41. The number of pyridine rings is 1. The van der Waals surface area contributed by atoms with E-state index in [0.717, 1.165) is 38.2 Å². The lowest BCUT2D eigenvalue weighted by molar-refractivity contribution is 0.102. The van der Waals surface area contributed by atoms with Crippen molar-refractivity contribution in [1.82, 2.24) is 19.9 Å². The molecule has 8 nitrogen and oxygen atoms in total. The summed E-state index contributed by atoms with van der Waals surface area (Å²) >= 11 is 1.31. The van der Waals surface area contributed by atoms with E-state index in [4.69, 9.17) is 4.98 Å². The lowest BCUT2D eigenvalue weighted by Gasteiger charge is -2.40. The normalized spacial score (nSPS) is 14.2. The average Bonchev–Trinajstić information content (AvgIpc) is 3.51. The Morgan fingerprint density at radius 1 is 1.12 bits per heavy atom. The smallest absolute Gasteiger partial charge is 0.257 e. The Bertz CT molecular complexity index is 1560. The molecule has 4 aromatic rings. The van der Waals surface area contributed by atoms with E-state index < -0.39 is 17.7 Å². The number of aromatic nitrogens is 2. The zero-order valence-corrected chi connectivity index (χ0v) is 24.1. The molecular weight excluding hydrogens is 558 g/mol. The van der Waals surface area contributed by atoms with Crippen LogP contribution in [0, 0.1) is 16.8 Å². The number of anilines is 2. The highest BCUT2D eigenvalue weighted by molar-refractivity contribution is 7.13. The standard InChI is InChI=1S/C31H31F2N6O2S/c1-3-38(4-2)15-7-13-34-26-19-23(20-8-5-9-21(18-20)30(40)37-31-35-14-17-42-31)22-12-16-39(41)29(28(22)36-26)27-24(32)10-6-11-25(27)33/h5-6,8-12,14,16-19,29H,3-4,7,13,15H2,1-2H3,(H,34,36)(H,35,37,40)/q-1. The Balaban J connectivity index is 1.56. The van der Waals surface area contributed by atoms with E-state index in [-0.39, 0.29) is 17.2 Å². The van der Waals surface area contributed by atoms with E-state index in [1.54, 1.807) is 35.9 Å². The maximum Gasteiger partial charge on any atom is 0.257 e. The van der Waals surface area contributed by atoms with Gasteiger partial charge in [0.05, 0.1) is 17.3 Å². The monoisotopic (exact) mass is 589 g/mol. The number of benzene rings is 2. The first-order chi connectivity index (χ1) is 20.4. The van der Waals surface area contributed by atoms with E-state index >= 15 is 0 Å². The molecule has 1 unspecified atom stereocenters. The molecule has 0 bridgehead atoms. The van der Waals surface area contributed by atoms with Crippen LogP contribution in [0.1, 0.15) is 53.5 Å². The van der Waals surface area contributed by atoms with Crippen molar-refractivity contribution < 1.29 is 13.6 Å². The molecule has 2 N–H and O–H groups in total. The van der Waals surface area contributed by atoms with Crippen molar-refractivity contribution in [2.75, 3.05) is 36.8 Å². The molecule has 0 fully saturated rings. The van der Waals surface area contributed by atoms with Crippen molar-refractivity contribution in [3.05, 3.63) is 106 Å². The first-order valence-corrected chi connectivity index (χ1v) is 14.7. The number of hydrogen-bond donors (Lipinski definition) is 2. The maximum absolute atomic E-state index is 15.0. The highest BCUT2D eigenvalue weighted by Gasteiger charge is 2.30. The van der Waals surface area contributed by atoms with E-state index in [1.165, 1.54) is 23.6 Å². The first kappa shape index (κ1) is 29.3. The van der Waals surface area contributed by atoms with Gasteiger partial charge in [0.1, 0.15) is 17.5 Å². The van der Waals surface area contributed by atoms with Gasteiger partial charge in [0.15, 0.2) is 5.13 Å². The molecule has 2 aromatic carbocycles. The van der Waals surface area contributed by atoms with E-state index in [2.05, 4.69) is 34.4 Å². The van der Waals surface area contributed by atoms with Gasteiger partial charge in [-0.15, -0.1) is 11.3 Å². The summed E-state index contributed by atoms with van der Waals surface area (Å²) in [5, 5.41) is 22.0. The summed E-state index contributed by atoms with van der Waals surface area (Å²) in [4.78, 5) is 24.1. The number of thiazole rings is 1. The fourth-order valence-electron chi connectivity index (χ4n) is 5.02. The van der Waals surface area contributed by atoms with E-state index in [9.17, 15) is 18.8 Å². The SMILES string of the molecule is CCN(CC)CCCNc1cc(-c2cccc(C(=O)Nc3nccs3)c2)c2c(n1)C(c1c(F)cccc1F)N([O-])C=C2. The van der Waals surface area contributed by atoms with Crippen molar-refractivity contribution in [2.24, 2.45) is 0 Å². The summed E-state index contributed by atoms with van der Waals surface area (Å²) in [5.41, 5.74) is 2.15. The van der Waals surface area contributed by atoms with E-state index in [0.29, 0.717) is 44.8 Å². The second kappa shape index (κ2) is 13.2. The number of fused-ring (bicyclic) bond motifs is 1. The highest BCUT2D eigenvalue weighted by atomic mass is 32.1. The van der Waals surface area contributed by atoms with Crippen LogP contribution in [0.5, 0.6) is 0 Å². The molecule has 5 rings (SSSR count). The molecule has 218 valence electrons. The number of halogens is 2. The number of nitrogens with zero attached hydrogens (tertiary/aromatic N) is 4. The summed E-state index contributed by atoms with van der Waals surface area (Å²) in [7, 11) is 0. The quantitative estimate of drug-likeness (QED) is 0.187. The van der Waals surface area contributed by atoms with Crippen LogP contribution in [0.25, 0.3) is 17.2 Å². The summed E-state index contributed by atoms with van der Waals surface area (Å²) in [5.74, 6) is -1.52. The second-order valence-electron chi connectivity index (χ2n) is 9.75. The van der Waals surface area contributed by atoms with Gasteiger partial charge in [-0.1, -0.05) is 32.0 Å². The predicted octanol–water partition coefficient (Wildman–Crippen LogP) is 6.75. The topological polar surface area (TPSA) is 96.5 Å². The van der Waals surface area contributed by atoms with Gasteiger partial charge in [0, 0.05) is 29.2 Å². The van der Waals surface area contributed by atoms with Crippen LogP contribution >= 0.6 is 11.3 Å². The number of hydrogen-bond acceptors (Lipinski definition) is 8. The largest absolute Gasteiger partial charge is 0.758 e. The third kappa shape index (κ3) is 6.33. The zero-order chi connectivity index (χ0) is 29.6. The summed E-state index contributed by atoms with van der Waals surface area (Å²) in [6.45, 7) is 7.63. The van der Waals surface area contributed by atoms with Crippen molar-refractivity contribution in [3.63, 3.8) is 0 Å². The Hall–Kier alpha value is -4.19. The van der Waals surface area contributed by atoms with Crippen LogP contribution in [0.4, 0.5) is 19.7 Å². The van der Waals surface area contributed by atoms with Crippen LogP contribution < -0.4 is 10.6 Å². The third-order valence-corrected chi connectivity index (χ3v) is 7.89. The van der Waals surface area contributed by atoms with Gasteiger partial charge >= 0.3 is 0 Å². The minimum absolute atomic E-state index is 0.220. The van der Waals surface area contributed by atoms with Gasteiger partial charge in [-0.2, -0.15) is 0 Å². The average molecular weight is 590 g/mol. The lowest BCUT2D eigenvalue weighted by Crippen LogP contribution is -2.27. The van der Waals surface area contributed by atoms with Gasteiger partial charge in [-0.05, 0) is 79.8 Å². The number of nitrogens with one attached hydrogen (secondary N) is 2. The fraction of sp³-hybridized carbons (Fsp3) is 0.258. The molecule has 1 amide bonds. The Kier molecular flexibility index (Phi) is 9.21. The first-order valence-electron chi connectivity index (χ1n) is 13.8. The lowest BCUT2D eigenvalue weighted by atomic mass is 9.90. The molecule has 1 aliphatic rings. The number of carbonyl (C=O) groups is 1. The van der Waals surface area contributed by atoms with Crippen LogP contribution in [0.15, 0.2) is 66.3 Å². The molecule has 42 heavy (non-hydrogen) atoms. The predicted molar refractivity (Wildman–Crippen MR) is 163 cm³/mol. The molecule has 2 aromatic heterocycles. The third-order valence-electron chi connectivity index (χ3n) is 7.20. The Morgan fingerprint density at radius 2 is 1.88 bits per heavy atom.